The second kappa shape index (κ2) is 8.04. The first-order valence-electron chi connectivity index (χ1n) is 11.2. The normalized spacial score (nSPS) is 21.9. The summed E-state index contributed by atoms with van der Waals surface area (Å²) < 4.78 is 2.21. The number of aliphatic hydroxyl groups is 1. The Morgan fingerprint density at radius 3 is 2.50 bits per heavy atom. The summed E-state index contributed by atoms with van der Waals surface area (Å²) in [5.41, 5.74) is 1.85. The van der Waals surface area contributed by atoms with Crippen molar-refractivity contribution >= 4 is 27.5 Å². The van der Waals surface area contributed by atoms with Crippen molar-refractivity contribution < 1.29 is 10.0 Å². The van der Waals surface area contributed by atoms with E-state index in [9.17, 15) is 15.2 Å². The average molecular weight is 430 g/mol. The molecule has 3 aromatic carbocycles. The van der Waals surface area contributed by atoms with Gasteiger partial charge in [-0.05, 0) is 37.1 Å². The van der Waals surface area contributed by atoms with Crippen LogP contribution in [0.3, 0.4) is 0 Å². The summed E-state index contributed by atoms with van der Waals surface area (Å²) in [7, 11) is 0. The van der Waals surface area contributed by atoms with Gasteiger partial charge in [0, 0.05) is 41.5 Å². The highest BCUT2D eigenvalue weighted by atomic mass is 16.6. The molecule has 1 aromatic heterocycles. The van der Waals surface area contributed by atoms with E-state index >= 15 is 0 Å². The highest BCUT2D eigenvalue weighted by Crippen LogP contribution is 2.45. The molecule has 1 N–H and O–H groups in total. The molecular weight excluding hydrogens is 402 g/mol. The molecule has 2 unspecified atom stereocenters. The van der Waals surface area contributed by atoms with Gasteiger partial charge in [-0.25, -0.2) is 0 Å². The number of nitro groups is 1. The molecule has 0 saturated carbocycles. The number of non-ortho nitro benzene ring substituents is 1. The number of para-hydroxylation sites is 1. The molecule has 164 valence electrons. The Kier molecular flexibility index (Phi) is 5.19. The lowest BCUT2D eigenvalue weighted by molar-refractivity contribution is -0.384. The topological polar surface area (TPSA) is 71.5 Å². The molecule has 0 amide bonds. The standard InChI is InChI=1S/C26H27N3O3/c1-2-15-27-16-14-26(30,19-8-4-3-5-9-19)25(18-27)28-23-11-7-6-10-21(23)22-17-20(29(31)32)12-13-24(22)28/h3-13,17,25,30H,2,14-16,18H2,1H3. The fourth-order valence-electron chi connectivity index (χ4n) is 5.30. The molecule has 2 atom stereocenters. The Labute approximate surface area is 186 Å². The van der Waals surface area contributed by atoms with Crippen molar-refractivity contribution in [1.82, 2.24) is 9.47 Å². The van der Waals surface area contributed by atoms with E-state index in [0.717, 1.165) is 46.9 Å². The number of rotatable bonds is 5. The first-order valence-corrected chi connectivity index (χ1v) is 11.2. The van der Waals surface area contributed by atoms with Gasteiger partial charge in [0.2, 0.25) is 0 Å². The van der Waals surface area contributed by atoms with Crippen molar-refractivity contribution in [3.8, 4) is 0 Å². The molecule has 1 saturated heterocycles. The van der Waals surface area contributed by atoms with E-state index in [2.05, 4.69) is 16.4 Å². The van der Waals surface area contributed by atoms with Gasteiger partial charge in [-0.15, -0.1) is 0 Å². The number of hydrogen-bond acceptors (Lipinski definition) is 4. The van der Waals surface area contributed by atoms with Gasteiger partial charge in [0.1, 0.15) is 5.60 Å². The lowest BCUT2D eigenvalue weighted by atomic mass is 9.80. The minimum absolute atomic E-state index is 0.0787. The van der Waals surface area contributed by atoms with Gasteiger partial charge in [-0.1, -0.05) is 55.5 Å². The van der Waals surface area contributed by atoms with E-state index in [1.165, 1.54) is 0 Å². The molecule has 0 radical (unpaired) electrons. The van der Waals surface area contributed by atoms with E-state index in [4.69, 9.17) is 0 Å². The third kappa shape index (κ3) is 3.27. The summed E-state index contributed by atoms with van der Waals surface area (Å²) in [4.78, 5) is 13.5. The molecular formula is C26H27N3O3. The smallest absolute Gasteiger partial charge is 0.270 e. The van der Waals surface area contributed by atoms with Crippen LogP contribution in [-0.2, 0) is 5.60 Å². The van der Waals surface area contributed by atoms with Crippen LogP contribution < -0.4 is 0 Å². The van der Waals surface area contributed by atoms with E-state index in [1.54, 1.807) is 12.1 Å². The van der Waals surface area contributed by atoms with E-state index in [0.29, 0.717) is 13.0 Å². The van der Waals surface area contributed by atoms with Crippen LogP contribution >= 0.6 is 0 Å². The fourth-order valence-corrected chi connectivity index (χ4v) is 5.30. The third-order valence-corrected chi connectivity index (χ3v) is 6.82. The summed E-state index contributed by atoms with van der Waals surface area (Å²) in [5.74, 6) is 0. The average Bonchev–Trinajstić information content (AvgIpc) is 3.14. The van der Waals surface area contributed by atoms with Gasteiger partial charge in [-0.2, -0.15) is 0 Å². The zero-order valence-electron chi connectivity index (χ0n) is 18.1. The third-order valence-electron chi connectivity index (χ3n) is 6.82. The Morgan fingerprint density at radius 1 is 1.03 bits per heavy atom. The van der Waals surface area contributed by atoms with Crippen LogP contribution in [0.15, 0.2) is 72.8 Å². The quantitative estimate of drug-likeness (QED) is 0.348. The fraction of sp³-hybridized carbons (Fsp3) is 0.308. The van der Waals surface area contributed by atoms with Crippen molar-refractivity contribution in [2.45, 2.75) is 31.4 Å². The van der Waals surface area contributed by atoms with Crippen molar-refractivity contribution in [3.63, 3.8) is 0 Å². The van der Waals surface area contributed by atoms with Crippen LogP contribution in [0.5, 0.6) is 0 Å². The molecule has 0 spiro atoms. The Morgan fingerprint density at radius 2 is 1.75 bits per heavy atom. The minimum Gasteiger partial charge on any atom is -0.383 e. The van der Waals surface area contributed by atoms with E-state index in [-0.39, 0.29) is 16.7 Å². The lowest BCUT2D eigenvalue weighted by Crippen LogP contribution is -2.50. The van der Waals surface area contributed by atoms with Gasteiger partial charge in [0.25, 0.3) is 5.69 Å². The predicted molar refractivity (Wildman–Crippen MR) is 127 cm³/mol. The zero-order valence-corrected chi connectivity index (χ0v) is 18.1. The van der Waals surface area contributed by atoms with Crippen LogP contribution in [0, 0.1) is 10.1 Å². The Hall–Kier alpha value is -3.22. The number of hydrogen-bond donors (Lipinski definition) is 1. The molecule has 6 nitrogen and oxygen atoms in total. The van der Waals surface area contributed by atoms with Crippen molar-refractivity contribution in [3.05, 3.63) is 88.5 Å². The summed E-state index contributed by atoms with van der Waals surface area (Å²) in [6, 6.07) is 22.7. The first kappa shape index (κ1) is 20.7. The highest BCUT2D eigenvalue weighted by molar-refractivity contribution is 6.09. The number of nitrogens with zero attached hydrogens (tertiary/aromatic N) is 3. The van der Waals surface area contributed by atoms with Crippen LogP contribution in [-0.4, -0.2) is 39.1 Å². The molecule has 2 heterocycles. The van der Waals surface area contributed by atoms with Crippen LogP contribution in [0.25, 0.3) is 21.8 Å². The Bertz CT molecular complexity index is 1280. The molecule has 32 heavy (non-hydrogen) atoms. The number of nitro benzene ring substituents is 1. The van der Waals surface area contributed by atoms with Gasteiger partial charge in [0.15, 0.2) is 0 Å². The maximum Gasteiger partial charge on any atom is 0.270 e. The van der Waals surface area contributed by atoms with Crippen LogP contribution in [0.2, 0.25) is 0 Å². The van der Waals surface area contributed by atoms with Crippen molar-refractivity contribution in [1.29, 1.82) is 0 Å². The first-order chi connectivity index (χ1) is 15.5. The highest BCUT2D eigenvalue weighted by Gasteiger charge is 2.44. The molecule has 0 aliphatic carbocycles. The van der Waals surface area contributed by atoms with E-state index in [1.807, 2.05) is 60.7 Å². The second-order valence-corrected chi connectivity index (χ2v) is 8.70. The van der Waals surface area contributed by atoms with Crippen LogP contribution in [0.1, 0.15) is 31.4 Å². The lowest BCUT2D eigenvalue weighted by Gasteiger charge is -2.46. The number of fused-ring (bicyclic) bond motifs is 3. The second-order valence-electron chi connectivity index (χ2n) is 8.70. The minimum atomic E-state index is -1.04. The van der Waals surface area contributed by atoms with Gasteiger partial charge < -0.3 is 14.6 Å². The van der Waals surface area contributed by atoms with Gasteiger partial charge in [0.05, 0.1) is 16.5 Å². The largest absolute Gasteiger partial charge is 0.383 e. The molecule has 4 aromatic rings. The molecule has 1 fully saturated rings. The molecule has 6 heteroatoms. The predicted octanol–water partition coefficient (Wildman–Crippen LogP) is 5.25. The maximum absolute atomic E-state index is 12.2. The summed E-state index contributed by atoms with van der Waals surface area (Å²) >= 11 is 0. The number of likely N-dealkylation sites (tertiary alicyclic amines) is 1. The number of aromatic nitrogens is 1. The van der Waals surface area contributed by atoms with Gasteiger partial charge in [-0.3, -0.25) is 10.1 Å². The SMILES string of the molecule is CCCN1CCC(O)(c2ccccc2)C(n2c3ccccc3c3cc([N+](=O)[O-])ccc32)C1. The molecule has 1 aliphatic rings. The molecule has 5 rings (SSSR count). The number of benzene rings is 3. The zero-order chi connectivity index (χ0) is 22.3. The Balaban J connectivity index is 1.77. The molecule has 1 aliphatic heterocycles. The van der Waals surface area contributed by atoms with Crippen LogP contribution in [0.4, 0.5) is 5.69 Å². The monoisotopic (exact) mass is 429 g/mol. The van der Waals surface area contributed by atoms with E-state index < -0.39 is 5.60 Å². The summed E-state index contributed by atoms with van der Waals surface area (Å²) in [6.07, 6.45) is 1.68. The van der Waals surface area contributed by atoms with Crippen molar-refractivity contribution in [2.24, 2.45) is 0 Å². The summed E-state index contributed by atoms with van der Waals surface area (Å²) in [6.45, 7) is 4.69. The number of piperidine rings is 1. The van der Waals surface area contributed by atoms with Gasteiger partial charge >= 0.3 is 0 Å². The summed E-state index contributed by atoms with van der Waals surface area (Å²) in [5, 5.41) is 25.4. The molecule has 0 bridgehead atoms. The van der Waals surface area contributed by atoms with Crippen molar-refractivity contribution in [2.75, 3.05) is 19.6 Å². The maximum atomic E-state index is 12.2.